The van der Waals surface area contributed by atoms with Crippen LogP contribution in [0.25, 0.3) is 0 Å². The number of amides is 1. The predicted octanol–water partition coefficient (Wildman–Crippen LogP) is 2.51. The molecule has 0 aliphatic rings. The number of anilines is 1. The van der Waals surface area contributed by atoms with Crippen molar-refractivity contribution in [2.45, 2.75) is 6.92 Å². The molecule has 0 heterocycles. The van der Waals surface area contributed by atoms with E-state index in [1.54, 1.807) is 25.1 Å². The number of esters is 1. The van der Waals surface area contributed by atoms with Gasteiger partial charge in [0, 0.05) is 5.69 Å². The van der Waals surface area contributed by atoms with E-state index in [1.165, 1.54) is 24.3 Å². The number of benzene rings is 2. The van der Waals surface area contributed by atoms with Crippen LogP contribution in [-0.4, -0.2) is 31.4 Å². The SMILES string of the molecule is Cc1ccc(NC(=O)COC(=O)COc2ccccc2C=O)cc1F. The molecule has 0 aliphatic heterocycles. The van der Waals surface area contributed by atoms with Crippen molar-refractivity contribution in [1.82, 2.24) is 0 Å². The van der Waals surface area contributed by atoms with Crippen molar-refractivity contribution in [3.05, 3.63) is 59.4 Å². The third-order valence-electron chi connectivity index (χ3n) is 3.21. The predicted molar refractivity (Wildman–Crippen MR) is 88.1 cm³/mol. The second-order valence-corrected chi connectivity index (χ2v) is 5.12. The van der Waals surface area contributed by atoms with Crippen LogP contribution >= 0.6 is 0 Å². The van der Waals surface area contributed by atoms with Crippen molar-refractivity contribution in [3.63, 3.8) is 0 Å². The molecular formula is C18H16FNO5. The lowest BCUT2D eigenvalue weighted by Crippen LogP contribution is -2.23. The normalized spacial score (nSPS) is 10.0. The summed E-state index contributed by atoms with van der Waals surface area (Å²) in [4.78, 5) is 34.1. The maximum atomic E-state index is 13.4. The van der Waals surface area contributed by atoms with E-state index < -0.39 is 30.9 Å². The van der Waals surface area contributed by atoms with Crippen LogP contribution in [0.5, 0.6) is 5.75 Å². The van der Waals surface area contributed by atoms with Gasteiger partial charge in [0.1, 0.15) is 11.6 Å². The topological polar surface area (TPSA) is 81.7 Å². The Morgan fingerprint density at radius 3 is 2.64 bits per heavy atom. The molecule has 0 saturated heterocycles. The van der Waals surface area contributed by atoms with Crippen LogP contribution in [-0.2, 0) is 14.3 Å². The van der Waals surface area contributed by atoms with Crippen molar-refractivity contribution >= 4 is 23.9 Å². The molecule has 0 aliphatic carbocycles. The molecule has 0 spiro atoms. The minimum Gasteiger partial charge on any atom is -0.481 e. The summed E-state index contributed by atoms with van der Waals surface area (Å²) in [6.07, 6.45) is 0.606. The summed E-state index contributed by atoms with van der Waals surface area (Å²) in [6, 6.07) is 10.6. The Bertz CT molecular complexity index is 791. The average molecular weight is 345 g/mol. The average Bonchev–Trinajstić information content (AvgIpc) is 2.61. The van der Waals surface area contributed by atoms with E-state index in [1.807, 2.05) is 0 Å². The number of ether oxygens (including phenoxy) is 2. The van der Waals surface area contributed by atoms with Crippen LogP contribution in [0.1, 0.15) is 15.9 Å². The van der Waals surface area contributed by atoms with E-state index in [0.717, 1.165) is 0 Å². The first-order valence-corrected chi connectivity index (χ1v) is 7.38. The zero-order chi connectivity index (χ0) is 18.2. The van der Waals surface area contributed by atoms with Gasteiger partial charge in [-0.25, -0.2) is 9.18 Å². The summed E-state index contributed by atoms with van der Waals surface area (Å²) in [5.41, 5.74) is 1.02. The number of nitrogens with one attached hydrogen (secondary N) is 1. The first-order valence-electron chi connectivity index (χ1n) is 7.38. The van der Waals surface area contributed by atoms with Gasteiger partial charge in [-0.05, 0) is 36.8 Å². The van der Waals surface area contributed by atoms with Crippen LogP contribution in [0.3, 0.4) is 0 Å². The highest BCUT2D eigenvalue weighted by Crippen LogP contribution is 2.15. The number of aldehydes is 1. The highest BCUT2D eigenvalue weighted by atomic mass is 19.1. The molecule has 1 amide bonds. The van der Waals surface area contributed by atoms with Crippen LogP contribution in [0.15, 0.2) is 42.5 Å². The van der Waals surface area contributed by atoms with Crippen LogP contribution in [0.4, 0.5) is 10.1 Å². The van der Waals surface area contributed by atoms with Gasteiger partial charge in [0.15, 0.2) is 19.5 Å². The van der Waals surface area contributed by atoms with Gasteiger partial charge in [-0.3, -0.25) is 9.59 Å². The highest BCUT2D eigenvalue weighted by molar-refractivity contribution is 5.92. The summed E-state index contributed by atoms with van der Waals surface area (Å²) < 4.78 is 23.3. The third kappa shape index (κ3) is 5.42. The lowest BCUT2D eigenvalue weighted by Gasteiger charge is -2.09. The van der Waals surface area contributed by atoms with Gasteiger partial charge in [0.25, 0.3) is 5.91 Å². The van der Waals surface area contributed by atoms with Gasteiger partial charge in [-0.15, -0.1) is 0 Å². The number of hydrogen-bond acceptors (Lipinski definition) is 5. The first-order chi connectivity index (χ1) is 12.0. The Hall–Kier alpha value is -3.22. The molecule has 0 aromatic heterocycles. The van der Waals surface area contributed by atoms with Crippen molar-refractivity contribution in [1.29, 1.82) is 0 Å². The summed E-state index contributed by atoms with van der Waals surface area (Å²) in [5, 5.41) is 2.41. The molecule has 0 fully saturated rings. The molecule has 2 aromatic rings. The van der Waals surface area contributed by atoms with Crippen molar-refractivity contribution in [3.8, 4) is 5.75 Å². The summed E-state index contributed by atoms with van der Waals surface area (Å²) in [5.74, 6) is -1.58. The standard InChI is InChI=1S/C18H16FNO5/c1-12-6-7-14(8-15(12)19)20-17(22)10-25-18(23)11-24-16-5-3-2-4-13(16)9-21/h2-9H,10-11H2,1H3,(H,20,22). The lowest BCUT2D eigenvalue weighted by atomic mass is 10.2. The second-order valence-electron chi connectivity index (χ2n) is 5.12. The minimum absolute atomic E-state index is 0.244. The van der Waals surface area contributed by atoms with Crippen LogP contribution < -0.4 is 10.1 Å². The smallest absolute Gasteiger partial charge is 0.344 e. The van der Waals surface area contributed by atoms with Crippen molar-refractivity contribution in [2.24, 2.45) is 0 Å². The Morgan fingerprint density at radius 2 is 1.92 bits per heavy atom. The van der Waals surface area contributed by atoms with Gasteiger partial charge in [0.2, 0.25) is 0 Å². The van der Waals surface area contributed by atoms with E-state index in [0.29, 0.717) is 17.4 Å². The minimum atomic E-state index is -0.772. The molecule has 0 radical (unpaired) electrons. The molecule has 7 heteroatoms. The summed E-state index contributed by atoms with van der Waals surface area (Å²) >= 11 is 0. The molecule has 0 bridgehead atoms. The van der Waals surface area contributed by atoms with Gasteiger partial charge in [-0.1, -0.05) is 18.2 Å². The van der Waals surface area contributed by atoms with Crippen molar-refractivity contribution in [2.75, 3.05) is 18.5 Å². The van der Waals surface area contributed by atoms with E-state index in [9.17, 15) is 18.8 Å². The third-order valence-corrected chi connectivity index (χ3v) is 3.21. The quantitative estimate of drug-likeness (QED) is 0.616. The fourth-order valence-corrected chi connectivity index (χ4v) is 1.90. The Balaban J connectivity index is 1.78. The molecule has 0 atom stereocenters. The number of halogens is 1. The molecule has 2 aromatic carbocycles. The molecule has 130 valence electrons. The van der Waals surface area contributed by atoms with Crippen LogP contribution in [0, 0.1) is 12.7 Å². The number of aryl methyl sites for hydroxylation is 1. The Morgan fingerprint density at radius 1 is 1.16 bits per heavy atom. The Kier molecular flexibility index (Phi) is 6.22. The number of carbonyl (C=O) groups is 3. The monoisotopic (exact) mass is 345 g/mol. The van der Waals surface area contributed by atoms with Gasteiger partial charge in [-0.2, -0.15) is 0 Å². The molecule has 1 N–H and O–H groups in total. The maximum absolute atomic E-state index is 13.4. The van der Waals surface area contributed by atoms with E-state index in [4.69, 9.17) is 9.47 Å². The number of rotatable bonds is 7. The fraction of sp³-hybridized carbons (Fsp3) is 0.167. The second kappa shape index (κ2) is 8.58. The molecule has 6 nitrogen and oxygen atoms in total. The van der Waals surface area contributed by atoms with E-state index in [2.05, 4.69) is 5.32 Å². The van der Waals surface area contributed by atoms with Gasteiger partial charge >= 0.3 is 5.97 Å². The molecule has 0 saturated carbocycles. The number of carbonyl (C=O) groups excluding carboxylic acids is 3. The maximum Gasteiger partial charge on any atom is 0.344 e. The summed E-state index contributed by atoms with van der Waals surface area (Å²) in [7, 11) is 0. The van der Waals surface area contributed by atoms with Crippen molar-refractivity contribution < 1.29 is 28.2 Å². The van der Waals surface area contributed by atoms with Gasteiger partial charge in [0.05, 0.1) is 5.56 Å². The van der Waals surface area contributed by atoms with E-state index in [-0.39, 0.29) is 11.4 Å². The number of para-hydroxylation sites is 1. The molecular weight excluding hydrogens is 329 g/mol. The molecule has 25 heavy (non-hydrogen) atoms. The van der Waals surface area contributed by atoms with Gasteiger partial charge < -0.3 is 14.8 Å². The highest BCUT2D eigenvalue weighted by Gasteiger charge is 2.11. The lowest BCUT2D eigenvalue weighted by molar-refractivity contribution is -0.149. The number of hydrogen-bond donors (Lipinski definition) is 1. The van der Waals surface area contributed by atoms with Crippen LogP contribution in [0.2, 0.25) is 0 Å². The fourth-order valence-electron chi connectivity index (χ4n) is 1.90. The molecule has 0 unspecified atom stereocenters. The largest absolute Gasteiger partial charge is 0.481 e. The first kappa shape index (κ1) is 18.1. The zero-order valence-corrected chi connectivity index (χ0v) is 13.5. The zero-order valence-electron chi connectivity index (χ0n) is 13.5. The Labute approximate surface area is 143 Å². The summed E-state index contributed by atoms with van der Waals surface area (Å²) in [6.45, 7) is 0.621. The van der Waals surface area contributed by atoms with E-state index >= 15 is 0 Å². The molecule has 2 rings (SSSR count).